The molecule has 1 aliphatic heterocycles. The molecule has 0 spiro atoms. The Kier molecular flexibility index (Phi) is 4.34. The molecule has 3 heteroatoms. The van der Waals surface area contributed by atoms with Gasteiger partial charge in [-0.2, -0.15) is 0 Å². The molecule has 2 aliphatic carbocycles. The van der Waals surface area contributed by atoms with Gasteiger partial charge in [0.05, 0.1) is 0 Å². The van der Waals surface area contributed by atoms with Gasteiger partial charge in [-0.1, -0.05) is 19.8 Å². The summed E-state index contributed by atoms with van der Waals surface area (Å²) in [5.74, 6) is 2.90. The number of hydrogen-bond acceptors (Lipinski definition) is 2. The van der Waals surface area contributed by atoms with Crippen molar-refractivity contribution in [1.82, 2.24) is 4.90 Å². The molecule has 3 fully saturated rings. The first-order valence-corrected chi connectivity index (χ1v) is 8.73. The Balaban J connectivity index is 1.56. The smallest absolute Gasteiger partial charge is 0.225 e. The van der Waals surface area contributed by atoms with E-state index in [2.05, 4.69) is 11.8 Å². The highest BCUT2D eigenvalue weighted by Gasteiger charge is 2.42. The molecule has 0 aromatic rings. The van der Waals surface area contributed by atoms with Crippen LogP contribution >= 0.6 is 0 Å². The van der Waals surface area contributed by atoms with Gasteiger partial charge in [-0.05, 0) is 56.3 Å². The maximum absolute atomic E-state index is 12.7. The lowest BCUT2D eigenvalue weighted by atomic mass is 9.78. The van der Waals surface area contributed by atoms with E-state index in [-0.39, 0.29) is 0 Å². The maximum Gasteiger partial charge on any atom is 0.225 e. The Labute approximate surface area is 123 Å². The van der Waals surface area contributed by atoms with E-state index in [0.29, 0.717) is 29.7 Å². The number of fused-ring (bicyclic) bond motifs is 1. The first kappa shape index (κ1) is 14.4. The Bertz CT molecular complexity index is 349. The second kappa shape index (κ2) is 6.05. The van der Waals surface area contributed by atoms with Gasteiger partial charge in [0.1, 0.15) is 0 Å². The van der Waals surface area contributed by atoms with E-state index < -0.39 is 0 Å². The molecule has 2 saturated carbocycles. The monoisotopic (exact) mass is 278 g/mol. The Morgan fingerprint density at radius 3 is 2.50 bits per heavy atom. The van der Waals surface area contributed by atoms with Crippen LogP contribution in [-0.2, 0) is 4.79 Å². The van der Waals surface area contributed by atoms with Crippen molar-refractivity contribution < 1.29 is 4.79 Å². The third-order valence-corrected chi connectivity index (χ3v) is 6.24. The summed E-state index contributed by atoms with van der Waals surface area (Å²) in [5.41, 5.74) is 6.26. The summed E-state index contributed by atoms with van der Waals surface area (Å²) in [7, 11) is 0. The number of carbonyl (C=O) groups excluding carboxylic acids is 1. The molecular weight excluding hydrogens is 248 g/mol. The summed E-state index contributed by atoms with van der Waals surface area (Å²) in [6, 6.07) is 0.336. The van der Waals surface area contributed by atoms with Crippen LogP contribution in [0.25, 0.3) is 0 Å². The van der Waals surface area contributed by atoms with Crippen molar-refractivity contribution in [3.63, 3.8) is 0 Å². The molecule has 1 amide bonds. The normalized spacial score (nSPS) is 41.5. The van der Waals surface area contributed by atoms with Crippen molar-refractivity contribution in [3.8, 4) is 0 Å². The molecular formula is C17H30N2O. The van der Waals surface area contributed by atoms with Gasteiger partial charge in [-0.3, -0.25) is 4.79 Å². The van der Waals surface area contributed by atoms with E-state index >= 15 is 0 Å². The Hall–Kier alpha value is -0.570. The summed E-state index contributed by atoms with van der Waals surface area (Å²) in [4.78, 5) is 14.9. The molecule has 3 nitrogen and oxygen atoms in total. The highest BCUT2D eigenvalue weighted by molar-refractivity contribution is 5.79. The van der Waals surface area contributed by atoms with Crippen LogP contribution in [-0.4, -0.2) is 29.9 Å². The van der Waals surface area contributed by atoms with Crippen LogP contribution in [0.4, 0.5) is 0 Å². The molecule has 0 aromatic heterocycles. The Morgan fingerprint density at radius 2 is 1.85 bits per heavy atom. The fraction of sp³-hybridized carbons (Fsp3) is 0.941. The number of nitrogens with zero attached hydrogens (tertiary/aromatic N) is 1. The number of amides is 1. The molecule has 3 unspecified atom stereocenters. The number of rotatable bonds is 2. The van der Waals surface area contributed by atoms with Crippen molar-refractivity contribution in [2.75, 3.05) is 13.1 Å². The average molecular weight is 278 g/mol. The first-order valence-electron chi connectivity index (χ1n) is 8.73. The van der Waals surface area contributed by atoms with Crippen molar-refractivity contribution >= 4 is 5.91 Å². The first-order chi connectivity index (χ1) is 9.69. The van der Waals surface area contributed by atoms with Crippen LogP contribution < -0.4 is 5.73 Å². The van der Waals surface area contributed by atoms with Gasteiger partial charge in [0.15, 0.2) is 0 Å². The van der Waals surface area contributed by atoms with Crippen LogP contribution in [0.5, 0.6) is 0 Å². The van der Waals surface area contributed by atoms with Gasteiger partial charge < -0.3 is 10.6 Å². The molecule has 3 atom stereocenters. The van der Waals surface area contributed by atoms with Crippen LogP contribution in [0.3, 0.4) is 0 Å². The van der Waals surface area contributed by atoms with E-state index in [1.807, 2.05) is 0 Å². The van der Waals surface area contributed by atoms with Crippen molar-refractivity contribution in [2.24, 2.45) is 29.4 Å². The molecule has 3 aliphatic rings. The predicted octanol–water partition coefficient (Wildman–Crippen LogP) is 2.79. The molecule has 0 radical (unpaired) electrons. The highest BCUT2D eigenvalue weighted by Crippen LogP contribution is 2.38. The minimum Gasteiger partial charge on any atom is -0.342 e. The largest absolute Gasteiger partial charge is 0.342 e. The van der Waals surface area contributed by atoms with Gasteiger partial charge >= 0.3 is 0 Å². The number of nitrogens with two attached hydrogens (primary N) is 1. The minimum absolute atomic E-state index is 0.314. The lowest BCUT2D eigenvalue weighted by molar-refractivity contribution is -0.136. The SMILES string of the molecule is CCC1CCC(C(=O)N2CC3CCCC(N)C3C2)CC1. The van der Waals surface area contributed by atoms with E-state index in [4.69, 9.17) is 5.73 Å². The standard InChI is InChI=1S/C17H30N2O/c1-2-12-6-8-13(9-7-12)17(20)19-10-14-4-3-5-16(18)15(14)11-19/h12-16H,2-11,18H2,1H3. The molecule has 1 heterocycles. The molecule has 2 N–H and O–H groups in total. The molecule has 3 rings (SSSR count). The number of carbonyl (C=O) groups is 1. The van der Waals surface area contributed by atoms with Crippen LogP contribution in [0.15, 0.2) is 0 Å². The molecule has 1 saturated heterocycles. The number of hydrogen-bond donors (Lipinski definition) is 1. The van der Waals surface area contributed by atoms with Gasteiger partial charge in [-0.25, -0.2) is 0 Å². The highest BCUT2D eigenvalue weighted by atomic mass is 16.2. The van der Waals surface area contributed by atoms with Crippen LogP contribution in [0.2, 0.25) is 0 Å². The van der Waals surface area contributed by atoms with E-state index in [0.717, 1.165) is 38.3 Å². The third kappa shape index (κ3) is 2.74. The second-order valence-corrected chi connectivity index (χ2v) is 7.39. The van der Waals surface area contributed by atoms with Crippen molar-refractivity contribution in [2.45, 2.75) is 64.3 Å². The van der Waals surface area contributed by atoms with E-state index in [9.17, 15) is 4.79 Å². The van der Waals surface area contributed by atoms with Crippen molar-refractivity contribution in [3.05, 3.63) is 0 Å². The summed E-state index contributed by atoms with van der Waals surface area (Å²) in [6.45, 7) is 4.21. The van der Waals surface area contributed by atoms with Crippen LogP contribution in [0, 0.1) is 23.7 Å². The lowest BCUT2D eigenvalue weighted by Crippen LogP contribution is -2.39. The zero-order valence-electron chi connectivity index (χ0n) is 12.9. The number of likely N-dealkylation sites (tertiary alicyclic amines) is 1. The molecule has 0 bridgehead atoms. The minimum atomic E-state index is 0.314. The maximum atomic E-state index is 12.7. The topological polar surface area (TPSA) is 46.3 Å². The van der Waals surface area contributed by atoms with Gasteiger partial charge in [0.25, 0.3) is 0 Å². The summed E-state index contributed by atoms with van der Waals surface area (Å²) in [6.07, 6.45) is 9.73. The summed E-state index contributed by atoms with van der Waals surface area (Å²) < 4.78 is 0. The molecule has 0 aromatic carbocycles. The summed E-state index contributed by atoms with van der Waals surface area (Å²) >= 11 is 0. The zero-order valence-corrected chi connectivity index (χ0v) is 12.9. The predicted molar refractivity (Wildman–Crippen MR) is 81.1 cm³/mol. The zero-order chi connectivity index (χ0) is 14.1. The fourth-order valence-corrected chi connectivity index (χ4v) is 4.77. The van der Waals surface area contributed by atoms with Gasteiger partial charge in [-0.15, -0.1) is 0 Å². The van der Waals surface area contributed by atoms with E-state index in [1.165, 1.54) is 32.1 Å². The van der Waals surface area contributed by atoms with Crippen LogP contribution in [0.1, 0.15) is 58.3 Å². The fourth-order valence-electron chi connectivity index (χ4n) is 4.77. The van der Waals surface area contributed by atoms with Crippen molar-refractivity contribution in [1.29, 1.82) is 0 Å². The molecule has 114 valence electrons. The van der Waals surface area contributed by atoms with E-state index in [1.54, 1.807) is 0 Å². The average Bonchev–Trinajstić information content (AvgIpc) is 2.92. The third-order valence-electron chi connectivity index (χ3n) is 6.24. The second-order valence-electron chi connectivity index (χ2n) is 7.39. The Morgan fingerprint density at radius 1 is 1.10 bits per heavy atom. The van der Waals surface area contributed by atoms with Gasteiger partial charge in [0.2, 0.25) is 5.91 Å². The molecule has 20 heavy (non-hydrogen) atoms. The quantitative estimate of drug-likeness (QED) is 0.844. The van der Waals surface area contributed by atoms with Gasteiger partial charge in [0, 0.05) is 25.0 Å². The summed E-state index contributed by atoms with van der Waals surface area (Å²) in [5, 5.41) is 0. The lowest BCUT2D eigenvalue weighted by Gasteiger charge is -2.30.